The molecule has 0 aliphatic heterocycles. The highest BCUT2D eigenvalue weighted by Gasteiger charge is 2.49. The Bertz CT molecular complexity index is 636. The summed E-state index contributed by atoms with van der Waals surface area (Å²) in [4.78, 5) is 10.5. The molecule has 0 radical (unpaired) electrons. The lowest BCUT2D eigenvalue weighted by Crippen LogP contribution is -2.41. The van der Waals surface area contributed by atoms with Gasteiger partial charge in [-0.1, -0.05) is 11.6 Å². The molecule has 0 aliphatic carbocycles. The molecule has 0 unspecified atom stereocenters. The van der Waals surface area contributed by atoms with Crippen molar-refractivity contribution >= 4 is 42.9 Å². The lowest BCUT2D eigenvalue weighted by atomic mass is 10.2. The minimum atomic E-state index is -4.90. The van der Waals surface area contributed by atoms with E-state index in [1.165, 1.54) is 5.32 Å². The second-order valence-corrected chi connectivity index (χ2v) is 6.43. The third-order valence-electron chi connectivity index (χ3n) is 2.05. The molecule has 1 aromatic carbocycles. The number of nitrogens with one attached hydrogen (secondary N) is 1. The lowest BCUT2D eigenvalue weighted by Gasteiger charge is -2.15. The molecule has 112 valence electrons. The van der Waals surface area contributed by atoms with Crippen LogP contribution in [0, 0.1) is 0 Å². The number of amides is 1. The molecule has 1 amide bonds. The molecule has 0 aromatic heterocycles. The highest BCUT2D eigenvalue weighted by Crippen LogP contribution is 2.30. The number of rotatable bonds is 4. The maximum Gasteiger partial charge on any atom is 0.383 e. The second-order valence-electron chi connectivity index (χ2n) is 3.46. The maximum absolute atomic E-state index is 12.7. The van der Waals surface area contributed by atoms with E-state index in [1.54, 1.807) is 0 Å². The molecule has 11 heteroatoms. The largest absolute Gasteiger partial charge is 0.383 e. The fourth-order valence-corrected chi connectivity index (χ4v) is 2.12. The summed E-state index contributed by atoms with van der Waals surface area (Å²) in [7, 11) is 0.904. The van der Waals surface area contributed by atoms with Gasteiger partial charge in [0.15, 0.2) is 0 Å². The maximum atomic E-state index is 12.7. The molecule has 20 heavy (non-hydrogen) atoms. The minimum absolute atomic E-state index is 0.442. The van der Waals surface area contributed by atoms with Gasteiger partial charge in [0.05, 0.1) is 15.6 Å². The van der Waals surface area contributed by atoms with Crippen LogP contribution in [0.4, 0.5) is 23.2 Å². The Labute approximate surface area is 120 Å². The Morgan fingerprint density at radius 2 is 1.85 bits per heavy atom. The van der Waals surface area contributed by atoms with Gasteiger partial charge in [0, 0.05) is 10.7 Å². The van der Waals surface area contributed by atoms with Crippen LogP contribution >= 0.6 is 22.3 Å². The number of benzene rings is 1. The molecular weight excluding hydrogens is 349 g/mol. The van der Waals surface area contributed by atoms with Gasteiger partial charge in [-0.05, 0) is 18.2 Å². The van der Waals surface area contributed by atoms with E-state index >= 15 is 0 Å². The first-order valence-electron chi connectivity index (χ1n) is 4.68. The number of alkyl halides is 4. The van der Waals surface area contributed by atoms with Crippen LogP contribution in [0.25, 0.3) is 0 Å². The quantitative estimate of drug-likeness (QED) is 0.668. The zero-order chi connectivity index (χ0) is 15.7. The van der Waals surface area contributed by atoms with Crippen molar-refractivity contribution in [2.75, 3.05) is 5.32 Å². The van der Waals surface area contributed by atoms with Gasteiger partial charge in [-0.3, -0.25) is 4.79 Å². The van der Waals surface area contributed by atoms with Gasteiger partial charge in [-0.25, -0.2) is 17.2 Å². The molecule has 0 saturated carbocycles. The summed E-state index contributed by atoms with van der Waals surface area (Å²) in [5.41, 5.74) is -0.457. The molecule has 1 rings (SSSR count). The number of halogens is 6. The van der Waals surface area contributed by atoms with Gasteiger partial charge in [0.25, 0.3) is 9.05 Å². The van der Waals surface area contributed by atoms with Gasteiger partial charge in [-0.15, -0.1) is 0 Å². The molecule has 1 aromatic rings. The Balaban J connectivity index is 3.04. The van der Waals surface area contributed by atoms with E-state index in [2.05, 4.69) is 0 Å². The Morgan fingerprint density at radius 1 is 1.30 bits per heavy atom. The van der Waals surface area contributed by atoms with Crippen LogP contribution < -0.4 is 5.32 Å². The summed E-state index contributed by atoms with van der Waals surface area (Å²) in [5.74, 6) is -7.17. The molecule has 0 spiro atoms. The number of hydrogen-bond donors (Lipinski definition) is 1. The van der Waals surface area contributed by atoms with Crippen LogP contribution in [0.15, 0.2) is 23.1 Å². The number of carbonyl (C=O) groups is 1. The zero-order valence-electron chi connectivity index (χ0n) is 9.21. The van der Waals surface area contributed by atoms with E-state index in [9.17, 15) is 30.8 Å². The summed E-state index contributed by atoms with van der Waals surface area (Å²) in [5, 5.41) is 1.02. The van der Waals surface area contributed by atoms with Crippen molar-refractivity contribution in [3.63, 3.8) is 0 Å². The van der Waals surface area contributed by atoms with Crippen LogP contribution in [0.5, 0.6) is 0 Å². The summed E-state index contributed by atoms with van der Waals surface area (Å²) in [6, 6.07) is 2.49. The summed E-state index contributed by atoms with van der Waals surface area (Å²) < 4.78 is 71.2. The zero-order valence-corrected chi connectivity index (χ0v) is 11.5. The van der Waals surface area contributed by atoms with Gasteiger partial charge in [-0.2, -0.15) is 8.78 Å². The van der Waals surface area contributed by atoms with Gasteiger partial charge in [0.2, 0.25) is 0 Å². The monoisotopic (exact) mass is 353 g/mol. The molecule has 0 heterocycles. The van der Waals surface area contributed by atoms with Crippen molar-refractivity contribution in [2.45, 2.75) is 17.2 Å². The SMILES string of the molecule is O=C(Nc1ccc(S(=O)(=O)Cl)cc1Cl)C(F)(F)C(F)F. The lowest BCUT2D eigenvalue weighted by molar-refractivity contribution is -0.163. The van der Waals surface area contributed by atoms with Crippen molar-refractivity contribution in [3.8, 4) is 0 Å². The fourth-order valence-electron chi connectivity index (χ4n) is 1.05. The second kappa shape index (κ2) is 5.74. The summed E-state index contributed by atoms with van der Waals surface area (Å²) in [6.07, 6.45) is -4.19. The smallest absolute Gasteiger partial charge is 0.319 e. The van der Waals surface area contributed by atoms with Gasteiger partial charge < -0.3 is 5.32 Å². The van der Waals surface area contributed by atoms with Gasteiger partial charge in [0.1, 0.15) is 0 Å². The number of anilines is 1. The minimum Gasteiger partial charge on any atom is -0.319 e. The summed E-state index contributed by atoms with van der Waals surface area (Å²) in [6.45, 7) is 0. The van der Waals surface area contributed by atoms with E-state index in [1.807, 2.05) is 0 Å². The van der Waals surface area contributed by atoms with Crippen LogP contribution in [0.3, 0.4) is 0 Å². The average molecular weight is 354 g/mol. The molecule has 0 saturated heterocycles. The standard InChI is InChI=1S/C9H5Cl2F4NO3S/c10-5-3-4(20(11,18)19)1-2-6(5)16-8(17)9(14,15)7(12)13/h1-3,7H,(H,16,17). The highest BCUT2D eigenvalue weighted by atomic mass is 35.7. The predicted octanol–water partition coefficient (Wildman–Crippen LogP) is 3.11. The average Bonchev–Trinajstić information content (AvgIpc) is 2.29. The number of carbonyl (C=O) groups excluding carboxylic acids is 1. The first kappa shape index (κ1) is 17.0. The molecule has 0 fully saturated rings. The molecular formula is C9H5Cl2F4NO3S. The Hall–Kier alpha value is -1.06. The normalized spacial score (nSPS) is 12.6. The van der Waals surface area contributed by atoms with Crippen LogP contribution in [0.2, 0.25) is 5.02 Å². The van der Waals surface area contributed by atoms with E-state index in [0.29, 0.717) is 0 Å². The molecule has 1 N–H and O–H groups in total. The van der Waals surface area contributed by atoms with Crippen molar-refractivity contribution < 1.29 is 30.8 Å². The fraction of sp³-hybridized carbons (Fsp3) is 0.222. The highest BCUT2D eigenvalue weighted by molar-refractivity contribution is 8.13. The molecule has 4 nitrogen and oxygen atoms in total. The van der Waals surface area contributed by atoms with Crippen LogP contribution in [0.1, 0.15) is 0 Å². The molecule has 0 aliphatic rings. The van der Waals surface area contributed by atoms with Crippen molar-refractivity contribution in [1.82, 2.24) is 0 Å². The predicted molar refractivity (Wildman–Crippen MR) is 64.1 cm³/mol. The summed E-state index contributed by atoms with van der Waals surface area (Å²) >= 11 is 5.54. The number of hydrogen-bond acceptors (Lipinski definition) is 3. The Morgan fingerprint density at radius 3 is 2.25 bits per heavy atom. The van der Waals surface area contributed by atoms with Crippen molar-refractivity contribution in [3.05, 3.63) is 23.2 Å². The van der Waals surface area contributed by atoms with E-state index in [4.69, 9.17) is 22.3 Å². The Kier molecular flexibility index (Phi) is 4.88. The molecule has 0 bridgehead atoms. The van der Waals surface area contributed by atoms with Crippen LogP contribution in [-0.2, 0) is 13.8 Å². The third kappa shape index (κ3) is 3.74. The van der Waals surface area contributed by atoms with Crippen LogP contribution in [-0.4, -0.2) is 26.7 Å². The van der Waals surface area contributed by atoms with Crippen molar-refractivity contribution in [1.29, 1.82) is 0 Å². The van der Waals surface area contributed by atoms with E-state index < -0.39 is 42.9 Å². The van der Waals surface area contributed by atoms with E-state index in [0.717, 1.165) is 18.2 Å². The van der Waals surface area contributed by atoms with Gasteiger partial charge >= 0.3 is 18.3 Å². The van der Waals surface area contributed by atoms with E-state index in [-0.39, 0.29) is 0 Å². The first-order valence-corrected chi connectivity index (χ1v) is 7.36. The molecule has 0 atom stereocenters. The third-order valence-corrected chi connectivity index (χ3v) is 3.71. The topological polar surface area (TPSA) is 63.2 Å². The first-order chi connectivity index (χ1) is 8.96. The van der Waals surface area contributed by atoms with Crippen molar-refractivity contribution in [2.24, 2.45) is 0 Å².